The van der Waals surface area contributed by atoms with Crippen LogP contribution in [-0.2, 0) is 11.2 Å². The summed E-state index contributed by atoms with van der Waals surface area (Å²) in [7, 11) is 0. The highest BCUT2D eigenvalue weighted by atomic mass is 32.1. The van der Waals surface area contributed by atoms with E-state index < -0.39 is 0 Å². The normalized spacial score (nSPS) is 25.6. The van der Waals surface area contributed by atoms with Crippen LogP contribution in [0.15, 0.2) is 10.9 Å². The first-order valence-electron chi connectivity index (χ1n) is 9.02. The Hall–Kier alpha value is -0.940. The molecule has 0 spiro atoms. The van der Waals surface area contributed by atoms with Crippen molar-refractivity contribution in [3.8, 4) is 0 Å². The molecular weight excluding hydrogens is 306 g/mol. The molecule has 0 aromatic carbocycles. The van der Waals surface area contributed by atoms with Gasteiger partial charge in [0.25, 0.3) is 0 Å². The number of thiazole rings is 1. The monoisotopic (exact) mass is 335 g/mol. The van der Waals surface area contributed by atoms with Crippen LogP contribution in [0.2, 0.25) is 0 Å². The molecule has 4 nitrogen and oxygen atoms in total. The van der Waals surface area contributed by atoms with E-state index in [2.05, 4.69) is 28.6 Å². The highest BCUT2D eigenvalue weighted by Gasteiger charge is 2.37. The maximum atomic E-state index is 12.7. The maximum absolute atomic E-state index is 12.7. The fourth-order valence-corrected chi connectivity index (χ4v) is 4.57. The molecule has 0 unspecified atom stereocenters. The van der Waals surface area contributed by atoms with Gasteiger partial charge in [0.2, 0.25) is 5.91 Å². The molecule has 2 atom stereocenters. The van der Waals surface area contributed by atoms with Crippen molar-refractivity contribution in [3.05, 3.63) is 16.6 Å². The van der Waals surface area contributed by atoms with Crippen molar-refractivity contribution in [1.82, 2.24) is 14.8 Å². The average Bonchev–Trinajstić information content (AvgIpc) is 3.05. The predicted octanol–water partition coefficient (Wildman–Crippen LogP) is 3.04. The van der Waals surface area contributed by atoms with Crippen LogP contribution in [0.4, 0.5) is 0 Å². The minimum atomic E-state index is 0.279. The number of carbonyl (C=O) groups excluding carboxylic acids is 1. The number of carbonyl (C=O) groups is 1. The molecule has 0 bridgehead atoms. The van der Waals surface area contributed by atoms with Crippen LogP contribution in [0, 0.1) is 11.8 Å². The molecule has 5 heteroatoms. The molecule has 0 aliphatic carbocycles. The molecule has 2 aliphatic rings. The van der Waals surface area contributed by atoms with Crippen molar-refractivity contribution in [2.45, 2.75) is 52.0 Å². The van der Waals surface area contributed by atoms with Crippen molar-refractivity contribution in [3.63, 3.8) is 0 Å². The summed E-state index contributed by atoms with van der Waals surface area (Å²) < 4.78 is 0. The first kappa shape index (κ1) is 16.9. The summed E-state index contributed by atoms with van der Waals surface area (Å²) in [5.74, 6) is 1.72. The van der Waals surface area contributed by atoms with Gasteiger partial charge in [-0.15, -0.1) is 11.3 Å². The van der Waals surface area contributed by atoms with Crippen LogP contribution in [0.1, 0.15) is 45.2 Å². The van der Waals surface area contributed by atoms with Gasteiger partial charge >= 0.3 is 0 Å². The second-order valence-electron chi connectivity index (χ2n) is 7.49. The quantitative estimate of drug-likeness (QED) is 0.830. The number of rotatable bonds is 5. The number of likely N-dealkylation sites (tertiary alicyclic amines) is 2. The molecule has 3 heterocycles. The van der Waals surface area contributed by atoms with E-state index in [1.165, 1.54) is 25.9 Å². The van der Waals surface area contributed by atoms with E-state index in [9.17, 15) is 4.79 Å². The van der Waals surface area contributed by atoms with E-state index in [0.717, 1.165) is 37.5 Å². The Morgan fingerprint density at radius 1 is 1.39 bits per heavy atom. The van der Waals surface area contributed by atoms with Crippen molar-refractivity contribution < 1.29 is 4.79 Å². The van der Waals surface area contributed by atoms with Gasteiger partial charge in [0.05, 0.1) is 17.6 Å². The summed E-state index contributed by atoms with van der Waals surface area (Å²) >= 11 is 1.57. The molecule has 128 valence electrons. The highest BCUT2D eigenvalue weighted by molar-refractivity contribution is 7.07. The SMILES string of the molecule is CC(C)CCN1CC[C@@H]2[C@H](CCCN2C(=O)Cc2cscn2)C1. The van der Waals surface area contributed by atoms with Crippen LogP contribution in [0.3, 0.4) is 0 Å². The van der Waals surface area contributed by atoms with Gasteiger partial charge in [-0.3, -0.25) is 4.79 Å². The summed E-state index contributed by atoms with van der Waals surface area (Å²) in [6, 6.07) is 0.463. The number of amides is 1. The van der Waals surface area contributed by atoms with Gasteiger partial charge in [0.1, 0.15) is 0 Å². The summed E-state index contributed by atoms with van der Waals surface area (Å²) in [4.78, 5) is 21.8. The molecule has 1 amide bonds. The van der Waals surface area contributed by atoms with Crippen LogP contribution in [-0.4, -0.2) is 52.9 Å². The molecular formula is C18H29N3OS. The van der Waals surface area contributed by atoms with E-state index in [1.54, 1.807) is 11.3 Å². The lowest BCUT2D eigenvalue weighted by atomic mass is 9.83. The fraction of sp³-hybridized carbons (Fsp3) is 0.778. The van der Waals surface area contributed by atoms with Gasteiger partial charge in [-0.25, -0.2) is 4.98 Å². The zero-order valence-electron chi connectivity index (χ0n) is 14.4. The Morgan fingerprint density at radius 2 is 2.26 bits per heavy atom. The molecule has 1 aromatic heterocycles. The van der Waals surface area contributed by atoms with Gasteiger partial charge in [-0.1, -0.05) is 13.8 Å². The number of hydrogen-bond acceptors (Lipinski definition) is 4. The smallest absolute Gasteiger partial charge is 0.228 e. The Bertz CT molecular complexity index is 502. The standard InChI is InChI=1S/C18H29N3OS/c1-14(2)5-8-20-9-6-17-15(11-20)4-3-7-21(17)18(22)10-16-12-23-13-19-16/h12-15,17H,3-11H2,1-2H3/t15-,17-/m1/s1. The van der Waals surface area contributed by atoms with Gasteiger partial charge in [0.15, 0.2) is 0 Å². The van der Waals surface area contributed by atoms with E-state index in [0.29, 0.717) is 18.4 Å². The summed E-state index contributed by atoms with van der Waals surface area (Å²) in [6.07, 6.45) is 5.34. The largest absolute Gasteiger partial charge is 0.339 e. The Morgan fingerprint density at radius 3 is 3.00 bits per heavy atom. The van der Waals surface area contributed by atoms with Crippen LogP contribution in [0.25, 0.3) is 0 Å². The third kappa shape index (κ3) is 4.32. The lowest BCUT2D eigenvalue weighted by Crippen LogP contribution is -2.56. The second kappa shape index (κ2) is 7.75. The molecule has 1 aromatic rings. The molecule has 23 heavy (non-hydrogen) atoms. The molecule has 0 N–H and O–H groups in total. The minimum absolute atomic E-state index is 0.279. The van der Waals surface area contributed by atoms with Gasteiger partial charge in [0, 0.05) is 31.1 Å². The summed E-state index contributed by atoms with van der Waals surface area (Å²) in [5.41, 5.74) is 2.74. The van der Waals surface area contributed by atoms with Crippen molar-refractivity contribution in [2.24, 2.45) is 11.8 Å². The second-order valence-corrected chi connectivity index (χ2v) is 8.20. The Labute approximate surface area is 143 Å². The van der Waals surface area contributed by atoms with Gasteiger partial charge in [-0.05, 0) is 44.1 Å². The average molecular weight is 336 g/mol. The first-order chi connectivity index (χ1) is 11.1. The Balaban J connectivity index is 1.56. The van der Waals surface area contributed by atoms with Crippen molar-refractivity contribution in [1.29, 1.82) is 0 Å². The summed E-state index contributed by atoms with van der Waals surface area (Å²) in [5, 5.41) is 1.99. The zero-order valence-corrected chi connectivity index (χ0v) is 15.2. The van der Waals surface area contributed by atoms with Crippen molar-refractivity contribution in [2.75, 3.05) is 26.2 Å². The van der Waals surface area contributed by atoms with Crippen LogP contribution >= 0.6 is 11.3 Å². The fourth-order valence-electron chi connectivity index (χ4n) is 4.01. The Kier molecular flexibility index (Phi) is 5.70. The lowest BCUT2D eigenvalue weighted by Gasteiger charge is -2.47. The predicted molar refractivity (Wildman–Crippen MR) is 94.6 cm³/mol. The van der Waals surface area contributed by atoms with Crippen molar-refractivity contribution >= 4 is 17.2 Å². The number of nitrogens with zero attached hydrogens (tertiary/aromatic N) is 3. The summed E-state index contributed by atoms with van der Waals surface area (Å²) in [6.45, 7) is 9.08. The molecule has 2 saturated heterocycles. The van der Waals surface area contributed by atoms with Crippen LogP contribution in [0.5, 0.6) is 0 Å². The maximum Gasteiger partial charge on any atom is 0.228 e. The number of piperidine rings is 2. The highest BCUT2D eigenvalue weighted by Crippen LogP contribution is 2.31. The van der Waals surface area contributed by atoms with E-state index in [-0.39, 0.29) is 5.91 Å². The minimum Gasteiger partial charge on any atom is -0.339 e. The first-order valence-corrected chi connectivity index (χ1v) is 9.96. The van der Waals surface area contributed by atoms with E-state index in [1.807, 2.05) is 10.9 Å². The number of aromatic nitrogens is 1. The molecule has 2 fully saturated rings. The van der Waals surface area contributed by atoms with Gasteiger partial charge < -0.3 is 9.80 Å². The number of hydrogen-bond donors (Lipinski definition) is 0. The van der Waals surface area contributed by atoms with E-state index >= 15 is 0 Å². The molecule has 3 rings (SSSR count). The van der Waals surface area contributed by atoms with E-state index in [4.69, 9.17) is 0 Å². The third-order valence-corrected chi connectivity index (χ3v) is 5.95. The molecule has 0 saturated carbocycles. The molecule has 2 aliphatic heterocycles. The number of fused-ring (bicyclic) bond motifs is 1. The third-order valence-electron chi connectivity index (χ3n) is 5.31. The van der Waals surface area contributed by atoms with Crippen LogP contribution < -0.4 is 0 Å². The van der Waals surface area contributed by atoms with Gasteiger partial charge in [-0.2, -0.15) is 0 Å². The molecule has 0 radical (unpaired) electrons. The zero-order chi connectivity index (χ0) is 16.2. The topological polar surface area (TPSA) is 36.4 Å². The lowest BCUT2D eigenvalue weighted by molar-refractivity contribution is -0.137.